The highest BCUT2D eigenvalue weighted by molar-refractivity contribution is 6.01. The molecule has 1 saturated heterocycles. The molecule has 4 rings (SSSR count). The second kappa shape index (κ2) is 7.70. The first kappa shape index (κ1) is 17.4. The zero-order valence-electron chi connectivity index (χ0n) is 15.4. The standard InChI is InChI=1S/C23H25N3O/c24-20-8-4-7-19(14-20)21-15-25-16-22(21)23(27)26-11-9-18(10-12-26)13-17-5-2-1-3-6-17/h1-8,14-16,18,25H,9-13,24H2. The summed E-state index contributed by atoms with van der Waals surface area (Å²) in [5.74, 6) is 0.753. The number of nitrogen functional groups attached to an aromatic ring is 1. The zero-order valence-corrected chi connectivity index (χ0v) is 15.4. The normalized spacial score (nSPS) is 15.0. The van der Waals surface area contributed by atoms with Crippen LogP contribution in [-0.2, 0) is 6.42 Å². The van der Waals surface area contributed by atoms with Crippen molar-refractivity contribution < 1.29 is 4.79 Å². The maximum absolute atomic E-state index is 13.1. The van der Waals surface area contributed by atoms with E-state index in [-0.39, 0.29) is 5.91 Å². The molecule has 138 valence electrons. The molecule has 0 aliphatic carbocycles. The van der Waals surface area contributed by atoms with Gasteiger partial charge in [-0.2, -0.15) is 0 Å². The number of nitrogens with two attached hydrogens (primary N) is 1. The SMILES string of the molecule is Nc1cccc(-c2c[nH]cc2C(=O)N2CCC(Cc3ccccc3)CC2)c1. The van der Waals surface area contributed by atoms with Gasteiger partial charge in [0.15, 0.2) is 0 Å². The maximum Gasteiger partial charge on any atom is 0.256 e. The van der Waals surface area contributed by atoms with Gasteiger partial charge < -0.3 is 15.6 Å². The molecule has 1 amide bonds. The molecule has 3 aromatic rings. The molecule has 0 saturated carbocycles. The van der Waals surface area contributed by atoms with Crippen LogP contribution in [0.25, 0.3) is 11.1 Å². The lowest BCUT2D eigenvalue weighted by Gasteiger charge is -2.32. The molecule has 1 fully saturated rings. The van der Waals surface area contributed by atoms with Gasteiger partial charge >= 0.3 is 0 Å². The first-order chi connectivity index (χ1) is 13.2. The Morgan fingerprint density at radius 3 is 2.56 bits per heavy atom. The molecule has 0 atom stereocenters. The number of anilines is 1. The van der Waals surface area contributed by atoms with Crippen molar-refractivity contribution in [2.24, 2.45) is 5.92 Å². The largest absolute Gasteiger partial charge is 0.399 e. The van der Waals surface area contributed by atoms with Crippen LogP contribution in [0.5, 0.6) is 0 Å². The predicted molar refractivity (Wildman–Crippen MR) is 109 cm³/mol. The van der Waals surface area contributed by atoms with Crippen molar-refractivity contribution >= 4 is 11.6 Å². The number of hydrogen-bond donors (Lipinski definition) is 2. The average molecular weight is 359 g/mol. The highest BCUT2D eigenvalue weighted by Gasteiger charge is 2.25. The molecular weight excluding hydrogens is 334 g/mol. The van der Waals surface area contributed by atoms with Crippen molar-refractivity contribution in [3.8, 4) is 11.1 Å². The summed E-state index contributed by atoms with van der Waals surface area (Å²) < 4.78 is 0. The van der Waals surface area contributed by atoms with Crippen LogP contribution < -0.4 is 5.73 Å². The first-order valence-electron chi connectivity index (χ1n) is 9.56. The lowest BCUT2D eigenvalue weighted by Crippen LogP contribution is -2.39. The number of nitrogens with one attached hydrogen (secondary N) is 1. The van der Waals surface area contributed by atoms with Crippen molar-refractivity contribution in [2.75, 3.05) is 18.8 Å². The molecule has 0 radical (unpaired) electrons. The number of aromatic nitrogens is 1. The molecule has 3 N–H and O–H groups in total. The van der Waals surface area contributed by atoms with E-state index in [1.165, 1.54) is 5.56 Å². The lowest BCUT2D eigenvalue weighted by atomic mass is 9.90. The number of H-pyrrole nitrogens is 1. The molecule has 4 nitrogen and oxygen atoms in total. The fraction of sp³-hybridized carbons (Fsp3) is 0.261. The average Bonchev–Trinajstić information content (AvgIpc) is 3.19. The van der Waals surface area contributed by atoms with E-state index in [1.807, 2.05) is 35.4 Å². The Balaban J connectivity index is 1.42. The third kappa shape index (κ3) is 3.90. The van der Waals surface area contributed by atoms with Crippen LogP contribution >= 0.6 is 0 Å². The smallest absolute Gasteiger partial charge is 0.256 e. The van der Waals surface area contributed by atoms with Gasteiger partial charge in [-0.25, -0.2) is 0 Å². The van der Waals surface area contributed by atoms with Crippen LogP contribution in [0, 0.1) is 5.92 Å². The summed E-state index contributed by atoms with van der Waals surface area (Å²) in [4.78, 5) is 18.2. The summed E-state index contributed by atoms with van der Waals surface area (Å²) in [6.07, 6.45) is 6.89. The lowest BCUT2D eigenvalue weighted by molar-refractivity contribution is 0.0691. The Bertz CT molecular complexity index is 908. The highest BCUT2D eigenvalue weighted by Crippen LogP contribution is 2.28. The van der Waals surface area contributed by atoms with Gasteiger partial charge in [0.05, 0.1) is 5.56 Å². The molecule has 1 aromatic heterocycles. The molecular formula is C23H25N3O. The number of carbonyl (C=O) groups excluding carboxylic acids is 1. The summed E-state index contributed by atoms with van der Waals surface area (Å²) in [6.45, 7) is 1.63. The topological polar surface area (TPSA) is 62.1 Å². The number of amides is 1. The summed E-state index contributed by atoms with van der Waals surface area (Å²) in [6, 6.07) is 18.3. The molecule has 4 heteroatoms. The summed E-state index contributed by atoms with van der Waals surface area (Å²) >= 11 is 0. The predicted octanol–water partition coefficient (Wildman–Crippen LogP) is 4.36. The third-order valence-electron chi connectivity index (χ3n) is 5.44. The Morgan fingerprint density at radius 1 is 1.04 bits per heavy atom. The highest BCUT2D eigenvalue weighted by atomic mass is 16.2. The maximum atomic E-state index is 13.1. The number of nitrogens with zero attached hydrogens (tertiary/aromatic N) is 1. The van der Waals surface area contributed by atoms with E-state index in [1.54, 1.807) is 6.20 Å². The van der Waals surface area contributed by atoms with E-state index < -0.39 is 0 Å². The Hall–Kier alpha value is -3.01. The fourth-order valence-corrected chi connectivity index (χ4v) is 3.94. The number of aromatic amines is 1. The molecule has 27 heavy (non-hydrogen) atoms. The fourth-order valence-electron chi connectivity index (χ4n) is 3.94. The van der Waals surface area contributed by atoms with Gasteiger partial charge in [-0.15, -0.1) is 0 Å². The number of piperidine rings is 1. The van der Waals surface area contributed by atoms with Crippen LogP contribution in [0.1, 0.15) is 28.8 Å². The van der Waals surface area contributed by atoms with Crippen molar-refractivity contribution in [3.63, 3.8) is 0 Å². The van der Waals surface area contributed by atoms with Gasteiger partial charge in [0.25, 0.3) is 5.91 Å². The zero-order chi connectivity index (χ0) is 18.6. The van der Waals surface area contributed by atoms with Crippen molar-refractivity contribution in [3.05, 3.63) is 78.1 Å². The molecule has 2 aromatic carbocycles. The quantitative estimate of drug-likeness (QED) is 0.680. The minimum atomic E-state index is 0.104. The van der Waals surface area contributed by atoms with Crippen molar-refractivity contribution in [1.29, 1.82) is 0 Å². The summed E-state index contributed by atoms with van der Waals surface area (Å²) in [5.41, 5.74) is 10.6. The van der Waals surface area contributed by atoms with E-state index in [0.717, 1.165) is 49.0 Å². The van der Waals surface area contributed by atoms with Crippen LogP contribution in [0.2, 0.25) is 0 Å². The first-order valence-corrected chi connectivity index (χ1v) is 9.56. The van der Waals surface area contributed by atoms with Crippen LogP contribution in [-0.4, -0.2) is 28.9 Å². The van der Waals surface area contributed by atoms with Gasteiger partial charge in [0.1, 0.15) is 0 Å². The molecule has 0 bridgehead atoms. The van der Waals surface area contributed by atoms with Gasteiger partial charge in [-0.1, -0.05) is 42.5 Å². The van der Waals surface area contributed by atoms with Crippen molar-refractivity contribution in [1.82, 2.24) is 9.88 Å². The summed E-state index contributed by atoms with van der Waals surface area (Å²) in [5, 5.41) is 0. The van der Waals surface area contributed by atoms with Gasteiger partial charge in [-0.3, -0.25) is 4.79 Å². The minimum absolute atomic E-state index is 0.104. The van der Waals surface area contributed by atoms with E-state index in [2.05, 4.69) is 35.3 Å². The third-order valence-corrected chi connectivity index (χ3v) is 5.44. The minimum Gasteiger partial charge on any atom is -0.399 e. The van der Waals surface area contributed by atoms with Crippen molar-refractivity contribution in [2.45, 2.75) is 19.3 Å². The van der Waals surface area contributed by atoms with Crippen LogP contribution in [0.4, 0.5) is 5.69 Å². The van der Waals surface area contributed by atoms with Gasteiger partial charge in [-0.05, 0) is 48.4 Å². The van der Waals surface area contributed by atoms with E-state index in [0.29, 0.717) is 11.6 Å². The summed E-state index contributed by atoms with van der Waals surface area (Å²) in [7, 11) is 0. The number of rotatable bonds is 4. The van der Waals surface area contributed by atoms with E-state index in [9.17, 15) is 4.79 Å². The van der Waals surface area contributed by atoms with E-state index in [4.69, 9.17) is 5.73 Å². The Morgan fingerprint density at radius 2 is 1.81 bits per heavy atom. The Labute approximate surface area is 160 Å². The molecule has 2 heterocycles. The number of hydrogen-bond acceptors (Lipinski definition) is 2. The van der Waals surface area contributed by atoms with Gasteiger partial charge in [0, 0.05) is 36.7 Å². The van der Waals surface area contributed by atoms with Crippen LogP contribution in [0.3, 0.4) is 0 Å². The number of benzene rings is 2. The van der Waals surface area contributed by atoms with Crippen LogP contribution in [0.15, 0.2) is 67.0 Å². The number of carbonyl (C=O) groups is 1. The molecule has 1 aliphatic heterocycles. The second-order valence-electron chi connectivity index (χ2n) is 7.33. The number of likely N-dealkylation sites (tertiary alicyclic amines) is 1. The Kier molecular flexibility index (Phi) is 4.97. The molecule has 0 spiro atoms. The van der Waals surface area contributed by atoms with E-state index >= 15 is 0 Å². The monoisotopic (exact) mass is 359 g/mol. The molecule has 1 aliphatic rings. The second-order valence-corrected chi connectivity index (χ2v) is 7.33. The van der Waals surface area contributed by atoms with Gasteiger partial charge in [0.2, 0.25) is 0 Å². The molecule has 0 unspecified atom stereocenters.